The lowest BCUT2D eigenvalue weighted by Crippen LogP contribution is -1.86. The van der Waals surface area contributed by atoms with Gasteiger partial charge >= 0.3 is 0 Å². The van der Waals surface area contributed by atoms with Crippen molar-refractivity contribution in [3.63, 3.8) is 0 Å². The molecule has 0 atom stereocenters. The standard InChI is InChI=1S/C14H13F/c1-10-7-8-12(9-11(10)2)13-5-3-4-6-14(13)15/h3-9H,1-2H3. The van der Waals surface area contributed by atoms with Crippen LogP contribution in [0, 0.1) is 19.7 Å². The molecule has 2 aromatic rings. The lowest BCUT2D eigenvalue weighted by atomic mass is 10.0. The first-order valence-electron chi connectivity index (χ1n) is 5.00. The second-order valence-corrected chi connectivity index (χ2v) is 3.78. The molecule has 0 aliphatic carbocycles. The van der Waals surface area contributed by atoms with Gasteiger partial charge in [0, 0.05) is 5.56 Å². The maximum Gasteiger partial charge on any atom is 0.131 e. The number of hydrogen-bond acceptors (Lipinski definition) is 0. The molecule has 15 heavy (non-hydrogen) atoms. The van der Waals surface area contributed by atoms with E-state index in [0.717, 1.165) is 5.56 Å². The van der Waals surface area contributed by atoms with Crippen LogP contribution in [0.15, 0.2) is 42.5 Å². The highest BCUT2D eigenvalue weighted by Crippen LogP contribution is 2.24. The van der Waals surface area contributed by atoms with Gasteiger partial charge in [-0.05, 0) is 36.6 Å². The number of aryl methyl sites for hydroxylation is 2. The molecule has 0 aliphatic heterocycles. The number of halogens is 1. The summed E-state index contributed by atoms with van der Waals surface area (Å²) in [6.45, 7) is 4.10. The van der Waals surface area contributed by atoms with Crippen LogP contribution in [-0.2, 0) is 0 Å². The molecule has 0 saturated heterocycles. The van der Waals surface area contributed by atoms with Gasteiger partial charge in [0.2, 0.25) is 0 Å². The average Bonchev–Trinajstić information content (AvgIpc) is 2.23. The number of hydrogen-bond donors (Lipinski definition) is 0. The van der Waals surface area contributed by atoms with E-state index in [2.05, 4.69) is 6.92 Å². The van der Waals surface area contributed by atoms with E-state index in [0.29, 0.717) is 5.56 Å². The Hall–Kier alpha value is -1.63. The van der Waals surface area contributed by atoms with E-state index in [-0.39, 0.29) is 5.82 Å². The molecule has 76 valence electrons. The van der Waals surface area contributed by atoms with Crippen LogP contribution in [-0.4, -0.2) is 0 Å². The molecule has 0 spiro atoms. The van der Waals surface area contributed by atoms with Crippen LogP contribution in [0.3, 0.4) is 0 Å². The second kappa shape index (κ2) is 3.85. The van der Waals surface area contributed by atoms with Crippen LogP contribution in [0.25, 0.3) is 11.1 Å². The highest BCUT2D eigenvalue weighted by Gasteiger charge is 2.04. The number of benzene rings is 2. The van der Waals surface area contributed by atoms with E-state index in [1.807, 2.05) is 31.2 Å². The van der Waals surface area contributed by atoms with Gasteiger partial charge in [-0.3, -0.25) is 0 Å². The van der Waals surface area contributed by atoms with Crippen LogP contribution in [0.1, 0.15) is 11.1 Å². The van der Waals surface area contributed by atoms with Crippen molar-refractivity contribution in [3.8, 4) is 11.1 Å². The van der Waals surface area contributed by atoms with Crippen molar-refractivity contribution < 1.29 is 4.39 Å². The minimum Gasteiger partial charge on any atom is -0.206 e. The molecule has 2 rings (SSSR count). The van der Waals surface area contributed by atoms with Gasteiger partial charge in [-0.25, -0.2) is 4.39 Å². The van der Waals surface area contributed by atoms with Crippen molar-refractivity contribution >= 4 is 0 Å². The Morgan fingerprint density at radius 2 is 1.60 bits per heavy atom. The molecule has 0 nitrogen and oxygen atoms in total. The molecule has 0 saturated carbocycles. The predicted octanol–water partition coefficient (Wildman–Crippen LogP) is 4.11. The zero-order valence-electron chi connectivity index (χ0n) is 8.92. The first-order valence-corrected chi connectivity index (χ1v) is 5.00. The van der Waals surface area contributed by atoms with Crippen molar-refractivity contribution in [3.05, 3.63) is 59.4 Å². The third-order valence-electron chi connectivity index (χ3n) is 2.69. The van der Waals surface area contributed by atoms with Crippen molar-refractivity contribution in [1.82, 2.24) is 0 Å². The monoisotopic (exact) mass is 200 g/mol. The van der Waals surface area contributed by atoms with Gasteiger partial charge in [0.25, 0.3) is 0 Å². The predicted molar refractivity (Wildman–Crippen MR) is 61.3 cm³/mol. The Kier molecular flexibility index (Phi) is 2.55. The Balaban J connectivity index is 2.55. The van der Waals surface area contributed by atoms with Crippen molar-refractivity contribution in [2.45, 2.75) is 13.8 Å². The summed E-state index contributed by atoms with van der Waals surface area (Å²) in [5, 5.41) is 0. The van der Waals surface area contributed by atoms with Gasteiger partial charge in [-0.2, -0.15) is 0 Å². The molecule has 0 heterocycles. The van der Waals surface area contributed by atoms with Gasteiger partial charge in [0.15, 0.2) is 0 Å². The fraction of sp³-hybridized carbons (Fsp3) is 0.143. The fourth-order valence-corrected chi connectivity index (χ4v) is 1.60. The van der Waals surface area contributed by atoms with Gasteiger partial charge in [0.1, 0.15) is 5.82 Å². The van der Waals surface area contributed by atoms with Crippen molar-refractivity contribution in [1.29, 1.82) is 0 Å². The minimum atomic E-state index is -0.166. The Morgan fingerprint density at radius 1 is 0.867 bits per heavy atom. The van der Waals surface area contributed by atoms with E-state index < -0.39 is 0 Å². The van der Waals surface area contributed by atoms with Crippen LogP contribution in [0.5, 0.6) is 0 Å². The third-order valence-corrected chi connectivity index (χ3v) is 2.69. The van der Waals surface area contributed by atoms with Crippen LogP contribution in [0.4, 0.5) is 4.39 Å². The molecule has 0 radical (unpaired) electrons. The molecule has 0 aromatic heterocycles. The first-order chi connectivity index (χ1) is 7.18. The molecule has 0 fully saturated rings. The first kappa shape index (κ1) is 9.91. The molecule has 0 bridgehead atoms. The zero-order chi connectivity index (χ0) is 10.8. The summed E-state index contributed by atoms with van der Waals surface area (Å²) in [5.74, 6) is -0.166. The fourth-order valence-electron chi connectivity index (χ4n) is 1.60. The highest BCUT2D eigenvalue weighted by molar-refractivity contribution is 5.65. The summed E-state index contributed by atoms with van der Waals surface area (Å²) in [6, 6.07) is 12.9. The lowest BCUT2D eigenvalue weighted by molar-refractivity contribution is 0.631. The van der Waals surface area contributed by atoms with E-state index >= 15 is 0 Å². The van der Waals surface area contributed by atoms with Crippen molar-refractivity contribution in [2.75, 3.05) is 0 Å². The summed E-state index contributed by atoms with van der Waals surface area (Å²) in [7, 11) is 0. The van der Waals surface area contributed by atoms with E-state index in [9.17, 15) is 4.39 Å². The normalized spacial score (nSPS) is 10.3. The second-order valence-electron chi connectivity index (χ2n) is 3.78. The van der Waals surface area contributed by atoms with E-state index in [1.54, 1.807) is 12.1 Å². The molecular weight excluding hydrogens is 187 g/mol. The van der Waals surface area contributed by atoms with Crippen LogP contribution < -0.4 is 0 Å². The Morgan fingerprint density at radius 3 is 2.27 bits per heavy atom. The molecule has 0 unspecified atom stereocenters. The van der Waals surface area contributed by atoms with Gasteiger partial charge < -0.3 is 0 Å². The Labute approximate surface area is 89.4 Å². The van der Waals surface area contributed by atoms with E-state index in [1.165, 1.54) is 17.2 Å². The van der Waals surface area contributed by atoms with Gasteiger partial charge in [-0.15, -0.1) is 0 Å². The number of rotatable bonds is 1. The van der Waals surface area contributed by atoms with Gasteiger partial charge in [0.05, 0.1) is 0 Å². The molecule has 0 N–H and O–H groups in total. The van der Waals surface area contributed by atoms with E-state index in [4.69, 9.17) is 0 Å². The molecular formula is C14H13F. The summed E-state index contributed by atoms with van der Waals surface area (Å²) >= 11 is 0. The average molecular weight is 200 g/mol. The smallest absolute Gasteiger partial charge is 0.131 e. The largest absolute Gasteiger partial charge is 0.206 e. The molecule has 2 aromatic carbocycles. The lowest BCUT2D eigenvalue weighted by Gasteiger charge is -2.06. The minimum absolute atomic E-state index is 0.166. The summed E-state index contributed by atoms with van der Waals surface area (Å²) in [4.78, 5) is 0. The Bertz CT molecular complexity index is 486. The molecule has 0 aliphatic rings. The highest BCUT2D eigenvalue weighted by atomic mass is 19.1. The third kappa shape index (κ3) is 1.91. The molecule has 1 heteroatoms. The zero-order valence-corrected chi connectivity index (χ0v) is 8.92. The molecule has 0 amide bonds. The SMILES string of the molecule is Cc1ccc(-c2ccccc2F)cc1C. The summed E-state index contributed by atoms with van der Waals surface area (Å²) in [6.07, 6.45) is 0. The maximum absolute atomic E-state index is 13.5. The maximum atomic E-state index is 13.5. The topological polar surface area (TPSA) is 0 Å². The quantitative estimate of drug-likeness (QED) is 0.649. The van der Waals surface area contributed by atoms with Crippen LogP contribution >= 0.6 is 0 Å². The van der Waals surface area contributed by atoms with Gasteiger partial charge in [-0.1, -0.05) is 36.4 Å². The van der Waals surface area contributed by atoms with Crippen LogP contribution in [0.2, 0.25) is 0 Å². The summed E-state index contributed by atoms with van der Waals surface area (Å²) < 4.78 is 13.5. The summed E-state index contributed by atoms with van der Waals surface area (Å²) in [5.41, 5.74) is 4.03. The van der Waals surface area contributed by atoms with Crippen molar-refractivity contribution in [2.24, 2.45) is 0 Å².